The molecule has 1 aliphatic rings. The first kappa shape index (κ1) is 11.3. The fourth-order valence-electron chi connectivity index (χ4n) is 1.50. The van der Waals surface area contributed by atoms with E-state index in [1.165, 1.54) is 0 Å². The minimum absolute atomic E-state index is 0.117. The molecule has 1 amide bonds. The zero-order chi connectivity index (χ0) is 12.3. The summed E-state index contributed by atoms with van der Waals surface area (Å²) in [7, 11) is 0. The summed E-state index contributed by atoms with van der Waals surface area (Å²) in [5.74, 6) is 0.784. The standard InChI is InChI=1S/C11H13N3O3/c12-10(13)6-11(15)14-7-1-2-8-9(5-7)17-4-3-16-8/h1-2,5H,3-4,6H2,(H3,12,13)(H,14,15). The molecule has 6 nitrogen and oxygen atoms in total. The van der Waals surface area contributed by atoms with E-state index in [1.807, 2.05) is 0 Å². The van der Waals surface area contributed by atoms with Crippen LogP contribution in [0.25, 0.3) is 0 Å². The van der Waals surface area contributed by atoms with Crippen LogP contribution in [0.4, 0.5) is 5.69 Å². The second-order valence-electron chi connectivity index (χ2n) is 3.61. The van der Waals surface area contributed by atoms with E-state index in [0.29, 0.717) is 30.4 Å². The lowest BCUT2D eigenvalue weighted by Crippen LogP contribution is -2.21. The van der Waals surface area contributed by atoms with E-state index in [-0.39, 0.29) is 18.2 Å². The Bertz CT molecular complexity index is 459. The summed E-state index contributed by atoms with van der Waals surface area (Å²) < 4.78 is 10.7. The Morgan fingerprint density at radius 2 is 2.06 bits per heavy atom. The molecule has 0 radical (unpaired) electrons. The highest BCUT2D eigenvalue weighted by Gasteiger charge is 2.12. The van der Waals surface area contributed by atoms with Gasteiger partial charge in [0.1, 0.15) is 19.0 Å². The Labute approximate surface area is 98.2 Å². The highest BCUT2D eigenvalue weighted by molar-refractivity contribution is 6.04. The van der Waals surface area contributed by atoms with Crippen LogP contribution in [0.15, 0.2) is 18.2 Å². The van der Waals surface area contributed by atoms with Gasteiger partial charge in [-0.1, -0.05) is 0 Å². The third-order valence-electron chi connectivity index (χ3n) is 2.18. The topological polar surface area (TPSA) is 97.4 Å². The molecule has 0 saturated carbocycles. The molecular weight excluding hydrogens is 222 g/mol. The van der Waals surface area contributed by atoms with Crippen molar-refractivity contribution in [2.24, 2.45) is 5.73 Å². The van der Waals surface area contributed by atoms with Gasteiger partial charge in [-0.05, 0) is 12.1 Å². The molecule has 0 aliphatic carbocycles. The second-order valence-corrected chi connectivity index (χ2v) is 3.61. The molecule has 0 aromatic heterocycles. The fourth-order valence-corrected chi connectivity index (χ4v) is 1.50. The molecule has 0 saturated heterocycles. The van der Waals surface area contributed by atoms with Gasteiger partial charge in [0.25, 0.3) is 0 Å². The average molecular weight is 235 g/mol. The molecular formula is C11H13N3O3. The molecule has 0 spiro atoms. The van der Waals surface area contributed by atoms with Crippen LogP contribution in [0, 0.1) is 5.41 Å². The predicted octanol–water partition coefficient (Wildman–Crippen LogP) is 0.722. The summed E-state index contributed by atoms with van der Waals surface area (Å²) >= 11 is 0. The van der Waals surface area contributed by atoms with Crippen molar-refractivity contribution in [1.29, 1.82) is 5.41 Å². The van der Waals surface area contributed by atoms with Gasteiger partial charge in [0.15, 0.2) is 11.5 Å². The molecule has 1 aliphatic heterocycles. The number of amides is 1. The molecule has 1 heterocycles. The van der Waals surface area contributed by atoms with Crippen LogP contribution < -0.4 is 20.5 Å². The molecule has 6 heteroatoms. The predicted molar refractivity (Wildman–Crippen MR) is 62.6 cm³/mol. The molecule has 0 fully saturated rings. The quantitative estimate of drug-likeness (QED) is 0.531. The van der Waals surface area contributed by atoms with Crippen LogP contribution in [0.5, 0.6) is 11.5 Å². The number of benzene rings is 1. The number of rotatable bonds is 3. The molecule has 0 atom stereocenters. The Hall–Kier alpha value is -2.24. The fraction of sp³-hybridized carbons (Fsp3) is 0.273. The van der Waals surface area contributed by atoms with Crippen molar-refractivity contribution >= 4 is 17.4 Å². The van der Waals surface area contributed by atoms with Gasteiger partial charge in [-0.25, -0.2) is 0 Å². The highest BCUT2D eigenvalue weighted by atomic mass is 16.6. The molecule has 2 rings (SSSR count). The minimum atomic E-state index is -0.325. The molecule has 0 bridgehead atoms. The summed E-state index contributed by atoms with van der Waals surface area (Å²) in [6.07, 6.45) is -0.117. The maximum absolute atomic E-state index is 11.4. The minimum Gasteiger partial charge on any atom is -0.486 e. The van der Waals surface area contributed by atoms with Gasteiger partial charge in [0, 0.05) is 11.8 Å². The summed E-state index contributed by atoms with van der Waals surface area (Å²) in [6, 6.07) is 5.13. The summed E-state index contributed by atoms with van der Waals surface area (Å²) in [4.78, 5) is 11.4. The molecule has 90 valence electrons. The zero-order valence-electron chi connectivity index (χ0n) is 9.16. The van der Waals surface area contributed by atoms with Gasteiger partial charge in [0.05, 0.1) is 6.42 Å². The largest absolute Gasteiger partial charge is 0.486 e. The SMILES string of the molecule is N=C(N)CC(=O)Nc1ccc2c(c1)OCCO2. The molecule has 0 unspecified atom stereocenters. The van der Waals surface area contributed by atoms with Crippen molar-refractivity contribution in [2.45, 2.75) is 6.42 Å². The zero-order valence-corrected chi connectivity index (χ0v) is 9.16. The first-order valence-electron chi connectivity index (χ1n) is 5.17. The Balaban J connectivity index is 2.07. The number of nitrogens with one attached hydrogen (secondary N) is 2. The van der Waals surface area contributed by atoms with Gasteiger partial charge in [0.2, 0.25) is 5.91 Å². The smallest absolute Gasteiger partial charge is 0.231 e. The van der Waals surface area contributed by atoms with E-state index >= 15 is 0 Å². The molecule has 4 N–H and O–H groups in total. The van der Waals surface area contributed by atoms with Crippen LogP contribution in [-0.2, 0) is 4.79 Å². The number of nitrogens with two attached hydrogens (primary N) is 1. The molecule has 1 aromatic rings. The van der Waals surface area contributed by atoms with E-state index in [2.05, 4.69) is 5.32 Å². The molecule has 17 heavy (non-hydrogen) atoms. The van der Waals surface area contributed by atoms with Crippen LogP contribution >= 0.6 is 0 Å². The lowest BCUT2D eigenvalue weighted by molar-refractivity contribution is -0.115. The number of hydrogen-bond acceptors (Lipinski definition) is 4. The van der Waals surface area contributed by atoms with Gasteiger partial charge in [-0.2, -0.15) is 0 Å². The Morgan fingerprint density at radius 3 is 2.76 bits per heavy atom. The summed E-state index contributed by atoms with van der Waals surface area (Å²) in [6.45, 7) is 1.03. The molecule has 1 aromatic carbocycles. The van der Waals surface area contributed by atoms with Gasteiger partial charge in [-0.3, -0.25) is 10.2 Å². The van der Waals surface area contributed by atoms with E-state index in [4.69, 9.17) is 20.6 Å². The lowest BCUT2D eigenvalue weighted by atomic mass is 10.2. The number of carbonyl (C=O) groups excluding carboxylic acids is 1. The van der Waals surface area contributed by atoms with Crippen LogP contribution in [-0.4, -0.2) is 25.0 Å². The number of carbonyl (C=O) groups is 1. The van der Waals surface area contributed by atoms with Gasteiger partial charge in [-0.15, -0.1) is 0 Å². The first-order chi connectivity index (χ1) is 8.15. The number of amidine groups is 1. The van der Waals surface area contributed by atoms with Crippen molar-refractivity contribution in [1.82, 2.24) is 0 Å². The van der Waals surface area contributed by atoms with E-state index in [1.54, 1.807) is 18.2 Å². The normalized spacial score (nSPS) is 12.9. The maximum atomic E-state index is 11.4. The van der Waals surface area contributed by atoms with Crippen LogP contribution in [0.3, 0.4) is 0 Å². The van der Waals surface area contributed by atoms with Crippen molar-refractivity contribution in [3.63, 3.8) is 0 Å². The maximum Gasteiger partial charge on any atom is 0.231 e. The van der Waals surface area contributed by atoms with E-state index in [9.17, 15) is 4.79 Å². The summed E-state index contributed by atoms with van der Waals surface area (Å²) in [5.41, 5.74) is 5.73. The van der Waals surface area contributed by atoms with Crippen LogP contribution in [0.1, 0.15) is 6.42 Å². The summed E-state index contributed by atoms with van der Waals surface area (Å²) in [5, 5.41) is 9.64. The second kappa shape index (κ2) is 4.73. The Kier molecular flexibility index (Phi) is 3.13. The van der Waals surface area contributed by atoms with E-state index in [0.717, 1.165) is 0 Å². The highest BCUT2D eigenvalue weighted by Crippen LogP contribution is 2.32. The van der Waals surface area contributed by atoms with Crippen molar-refractivity contribution in [3.8, 4) is 11.5 Å². The number of anilines is 1. The van der Waals surface area contributed by atoms with Gasteiger partial charge < -0.3 is 20.5 Å². The first-order valence-corrected chi connectivity index (χ1v) is 5.17. The third-order valence-corrected chi connectivity index (χ3v) is 2.18. The Morgan fingerprint density at radius 1 is 1.35 bits per heavy atom. The van der Waals surface area contributed by atoms with E-state index < -0.39 is 0 Å². The average Bonchev–Trinajstić information content (AvgIpc) is 2.27. The number of ether oxygens (including phenoxy) is 2. The van der Waals surface area contributed by atoms with Crippen molar-refractivity contribution in [2.75, 3.05) is 18.5 Å². The lowest BCUT2D eigenvalue weighted by Gasteiger charge is -2.18. The van der Waals surface area contributed by atoms with Gasteiger partial charge >= 0.3 is 0 Å². The number of fused-ring (bicyclic) bond motifs is 1. The van der Waals surface area contributed by atoms with Crippen LogP contribution in [0.2, 0.25) is 0 Å². The number of hydrogen-bond donors (Lipinski definition) is 3. The van der Waals surface area contributed by atoms with Crippen molar-refractivity contribution in [3.05, 3.63) is 18.2 Å². The van der Waals surface area contributed by atoms with Crippen molar-refractivity contribution < 1.29 is 14.3 Å². The third kappa shape index (κ3) is 2.87. The monoisotopic (exact) mass is 235 g/mol.